The van der Waals surface area contributed by atoms with Crippen LogP contribution in [0.15, 0.2) is 0 Å². The fourth-order valence-corrected chi connectivity index (χ4v) is 2.39. The zero-order valence-electron chi connectivity index (χ0n) is 12.0. The predicted molar refractivity (Wildman–Crippen MR) is 73.4 cm³/mol. The van der Waals surface area contributed by atoms with Crippen LogP contribution in [0.5, 0.6) is 0 Å². The molecule has 0 bridgehead atoms. The Labute approximate surface area is 107 Å². The molecule has 102 valence electrons. The maximum absolute atomic E-state index is 5.15. The van der Waals surface area contributed by atoms with E-state index in [2.05, 4.69) is 31.4 Å². The van der Waals surface area contributed by atoms with E-state index in [9.17, 15) is 0 Å². The number of methoxy groups -OCH3 is 1. The number of rotatable bonds is 8. The van der Waals surface area contributed by atoms with Crippen LogP contribution >= 0.6 is 0 Å². The maximum Gasteiger partial charge on any atom is 0.0467 e. The summed E-state index contributed by atoms with van der Waals surface area (Å²) in [5.74, 6) is 0. The van der Waals surface area contributed by atoms with Crippen molar-refractivity contribution < 1.29 is 4.74 Å². The Balaban J connectivity index is 2.14. The molecule has 0 amide bonds. The summed E-state index contributed by atoms with van der Waals surface area (Å²) in [6, 6.07) is 1.34. The Bertz CT molecular complexity index is 200. The second-order valence-corrected chi connectivity index (χ2v) is 6.22. The van der Waals surface area contributed by atoms with Gasteiger partial charge in [0.05, 0.1) is 0 Å². The van der Waals surface area contributed by atoms with Crippen molar-refractivity contribution in [3.05, 3.63) is 0 Å². The van der Waals surface area contributed by atoms with E-state index in [-0.39, 0.29) is 0 Å². The van der Waals surface area contributed by atoms with Crippen molar-refractivity contribution in [2.75, 3.05) is 26.8 Å². The molecule has 0 saturated carbocycles. The zero-order valence-corrected chi connectivity index (χ0v) is 12.0. The summed E-state index contributed by atoms with van der Waals surface area (Å²) in [5, 5.41) is 7.22. The first-order valence-corrected chi connectivity index (χ1v) is 6.99. The van der Waals surface area contributed by atoms with Gasteiger partial charge in [-0.2, -0.15) is 0 Å². The van der Waals surface area contributed by atoms with Crippen LogP contribution in [-0.2, 0) is 4.74 Å². The highest BCUT2D eigenvalue weighted by Gasteiger charge is 2.20. The molecular formula is C14H30N2O. The number of nitrogens with one attached hydrogen (secondary N) is 2. The van der Waals surface area contributed by atoms with Crippen molar-refractivity contribution in [3.8, 4) is 0 Å². The number of hydrogen-bond donors (Lipinski definition) is 2. The summed E-state index contributed by atoms with van der Waals surface area (Å²) in [6.45, 7) is 10.0. The first-order chi connectivity index (χ1) is 8.03. The summed E-state index contributed by atoms with van der Waals surface area (Å²) in [4.78, 5) is 0. The van der Waals surface area contributed by atoms with E-state index in [0.717, 1.165) is 25.6 Å². The Hall–Kier alpha value is -0.120. The second kappa shape index (κ2) is 7.34. The van der Waals surface area contributed by atoms with E-state index < -0.39 is 0 Å². The van der Waals surface area contributed by atoms with E-state index in [1.807, 2.05) is 0 Å². The third kappa shape index (κ3) is 6.39. The minimum absolute atomic E-state index is 0.327. The van der Waals surface area contributed by atoms with Gasteiger partial charge in [0, 0.05) is 32.3 Å². The van der Waals surface area contributed by atoms with Gasteiger partial charge in [0.25, 0.3) is 0 Å². The van der Waals surface area contributed by atoms with Crippen LogP contribution in [0.4, 0.5) is 0 Å². The molecule has 3 nitrogen and oxygen atoms in total. The largest absolute Gasteiger partial charge is 0.385 e. The molecule has 2 unspecified atom stereocenters. The van der Waals surface area contributed by atoms with Crippen LogP contribution in [0.3, 0.4) is 0 Å². The molecule has 2 N–H and O–H groups in total. The van der Waals surface area contributed by atoms with Crippen LogP contribution in [0.25, 0.3) is 0 Å². The van der Waals surface area contributed by atoms with E-state index in [0.29, 0.717) is 11.5 Å². The Morgan fingerprint density at radius 2 is 2.24 bits per heavy atom. The van der Waals surface area contributed by atoms with Gasteiger partial charge in [0.15, 0.2) is 0 Å². The summed E-state index contributed by atoms with van der Waals surface area (Å²) >= 11 is 0. The molecule has 1 aliphatic rings. The number of hydrogen-bond acceptors (Lipinski definition) is 3. The summed E-state index contributed by atoms with van der Waals surface area (Å²) < 4.78 is 5.15. The summed E-state index contributed by atoms with van der Waals surface area (Å²) in [7, 11) is 1.78. The van der Waals surface area contributed by atoms with Crippen molar-refractivity contribution in [1.29, 1.82) is 0 Å². The molecule has 0 aliphatic carbocycles. The van der Waals surface area contributed by atoms with Crippen molar-refractivity contribution in [1.82, 2.24) is 10.6 Å². The lowest BCUT2D eigenvalue weighted by Gasteiger charge is -2.28. The second-order valence-electron chi connectivity index (χ2n) is 6.22. The molecule has 1 saturated heterocycles. The van der Waals surface area contributed by atoms with Crippen molar-refractivity contribution in [2.24, 2.45) is 5.41 Å². The van der Waals surface area contributed by atoms with Crippen molar-refractivity contribution in [2.45, 2.75) is 58.5 Å². The van der Waals surface area contributed by atoms with Gasteiger partial charge >= 0.3 is 0 Å². The van der Waals surface area contributed by atoms with Crippen LogP contribution < -0.4 is 10.6 Å². The van der Waals surface area contributed by atoms with Crippen LogP contribution in [0.2, 0.25) is 0 Å². The molecule has 1 aliphatic heterocycles. The van der Waals surface area contributed by atoms with Gasteiger partial charge in [-0.05, 0) is 44.6 Å². The summed E-state index contributed by atoms with van der Waals surface area (Å²) in [6.07, 6.45) is 5.06. The van der Waals surface area contributed by atoms with Gasteiger partial charge in [-0.15, -0.1) is 0 Å². The topological polar surface area (TPSA) is 33.3 Å². The lowest BCUT2D eigenvalue weighted by molar-refractivity contribution is 0.148. The Morgan fingerprint density at radius 3 is 2.82 bits per heavy atom. The third-order valence-electron chi connectivity index (χ3n) is 3.71. The fourth-order valence-electron chi connectivity index (χ4n) is 2.39. The van der Waals surface area contributed by atoms with E-state index in [1.54, 1.807) is 7.11 Å². The van der Waals surface area contributed by atoms with Gasteiger partial charge in [-0.3, -0.25) is 0 Å². The molecule has 0 spiro atoms. The van der Waals surface area contributed by atoms with Crippen molar-refractivity contribution >= 4 is 0 Å². The Kier molecular flexibility index (Phi) is 6.45. The Morgan fingerprint density at radius 1 is 1.47 bits per heavy atom. The minimum Gasteiger partial charge on any atom is -0.385 e. The van der Waals surface area contributed by atoms with Gasteiger partial charge in [0.2, 0.25) is 0 Å². The standard InChI is InChI=1S/C14H30N2O/c1-12(10-13-6-5-8-15-13)16-11-14(2,3)7-9-17-4/h12-13,15-16H,5-11H2,1-4H3. The lowest BCUT2D eigenvalue weighted by Crippen LogP contribution is -2.39. The smallest absolute Gasteiger partial charge is 0.0467 e. The van der Waals surface area contributed by atoms with E-state index in [4.69, 9.17) is 4.74 Å². The monoisotopic (exact) mass is 242 g/mol. The highest BCUT2D eigenvalue weighted by atomic mass is 16.5. The quantitative estimate of drug-likeness (QED) is 0.684. The third-order valence-corrected chi connectivity index (χ3v) is 3.71. The van der Waals surface area contributed by atoms with Gasteiger partial charge in [-0.25, -0.2) is 0 Å². The molecule has 2 atom stereocenters. The van der Waals surface area contributed by atoms with Crippen LogP contribution in [-0.4, -0.2) is 38.9 Å². The van der Waals surface area contributed by atoms with E-state index in [1.165, 1.54) is 25.8 Å². The maximum atomic E-state index is 5.15. The molecule has 0 aromatic heterocycles. The van der Waals surface area contributed by atoms with E-state index >= 15 is 0 Å². The normalized spacial score (nSPS) is 22.9. The molecule has 0 radical (unpaired) electrons. The summed E-state index contributed by atoms with van der Waals surface area (Å²) in [5.41, 5.74) is 0.327. The van der Waals surface area contributed by atoms with Crippen LogP contribution in [0, 0.1) is 5.41 Å². The number of ether oxygens (including phenoxy) is 1. The van der Waals surface area contributed by atoms with Gasteiger partial charge < -0.3 is 15.4 Å². The lowest BCUT2D eigenvalue weighted by atomic mass is 9.89. The van der Waals surface area contributed by atoms with Gasteiger partial charge in [-0.1, -0.05) is 13.8 Å². The average molecular weight is 242 g/mol. The minimum atomic E-state index is 0.327. The van der Waals surface area contributed by atoms with Crippen LogP contribution in [0.1, 0.15) is 46.5 Å². The molecule has 0 aromatic carbocycles. The fraction of sp³-hybridized carbons (Fsp3) is 1.00. The average Bonchev–Trinajstić information content (AvgIpc) is 2.77. The molecule has 1 rings (SSSR count). The van der Waals surface area contributed by atoms with Crippen molar-refractivity contribution in [3.63, 3.8) is 0 Å². The first-order valence-electron chi connectivity index (χ1n) is 6.99. The molecule has 1 fully saturated rings. The first kappa shape index (κ1) is 14.9. The molecule has 17 heavy (non-hydrogen) atoms. The molecule has 3 heteroatoms. The molecular weight excluding hydrogens is 212 g/mol. The highest BCUT2D eigenvalue weighted by Crippen LogP contribution is 2.19. The van der Waals surface area contributed by atoms with Gasteiger partial charge in [0.1, 0.15) is 0 Å². The highest BCUT2D eigenvalue weighted by molar-refractivity contribution is 4.80. The zero-order chi connectivity index (χ0) is 12.7. The molecule has 1 heterocycles. The molecule has 0 aromatic rings. The SMILES string of the molecule is COCCC(C)(C)CNC(C)CC1CCCN1. The predicted octanol–water partition coefficient (Wildman–Crippen LogP) is 2.17.